The predicted octanol–water partition coefficient (Wildman–Crippen LogP) is 0.746. The van der Waals surface area contributed by atoms with Crippen LogP contribution in [0.5, 0.6) is 0 Å². The second kappa shape index (κ2) is 9.17. The number of aliphatic carboxylic acids is 1. The van der Waals surface area contributed by atoms with Gasteiger partial charge in [0.05, 0.1) is 32.2 Å². The van der Waals surface area contributed by atoms with Crippen LogP contribution in [0.2, 0.25) is 0 Å². The Labute approximate surface area is 147 Å². The van der Waals surface area contributed by atoms with Crippen LogP contribution < -0.4 is 5.32 Å². The lowest BCUT2D eigenvalue weighted by Gasteiger charge is -2.34. The van der Waals surface area contributed by atoms with Gasteiger partial charge in [0, 0.05) is 13.0 Å². The van der Waals surface area contributed by atoms with E-state index in [0.29, 0.717) is 26.0 Å². The molecule has 0 bridgehead atoms. The number of benzene rings is 1. The van der Waals surface area contributed by atoms with E-state index >= 15 is 0 Å². The van der Waals surface area contributed by atoms with Crippen LogP contribution in [0.4, 0.5) is 0 Å². The third-order valence-electron chi connectivity index (χ3n) is 4.16. The van der Waals surface area contributed by atoms with E-state index in [1.807, 2.05) is 31.2 Å². The molecule has 1 heterocycles. The average molecular weight is 348 g/mol. The van der Waals surface area contributed by atoms with Crippen molar-refractivity contribution in [3.8, 4) is 0 Å². The smallest absolute Gasteiger partial charge is 0.305 e. The summed E-state index contributed by atoms with van der Waals surface area (Å²) in [7, 11) is 0. The Morgan fingerprint density at radius 3 is 2.68 bits per heavy atom. The number of carbonyl (C=O) groups excluding carboxylic acids is 2. The van der Waals surface area contributed by atoms with E-state index in [2.05, 4.69) is 5.32 Å². The SMILES string of the molecule is Cc1ccc(CCC(=O)NCC(=O)N2CCOCC2CC(=O)O)cc1. The van der Waals surface area contributed by atoms with Crippen LogP contribution in [0.1, 0.15) is 24.0 Å². The third kappa shape index (κ3) is 6.19. The molecule has 0 saturated carbocycles. The number of amides is 2. The Kier molecular flexibility index (Phi) is 6.94. The van der Waals surface area contributed by atoms with Crippen LogP contribution in [-0.2, 0) is 25.5 Å². The molecule has 25 heavy (non-hydrogen) atoms. The van der Waals surface area contributed by atoms with E-state index < -0.39 is 12.0 Å². The van der Waals surface area contributed by atoms with E-state index in [4.69, 9.17) is 9.84 Å². The molecule has 2 amide bonds. The topological polar surface area (TPSA) is 95.9 Å². The van der Waals surface area contributed by atoms with Crippen molar-refractivity contribution in [3.05, 3.63) is 35.4 Å². The molecular formula is C18H24N2O5. The largest absolute Gasteiger partial charge is 0.481 e. The number of carboxylic acid groups (broad SMARTS) is 1. The van der Waals surface area contributed by atoms with Gasteiger partial charge in [0.15, 0.2) is 0 Å². The van der Waals surface area contributed by atoms with Crippen molar-refractivity contribution >= 4 is 17.8 Å². The zero-order valence-electron chi connectivity index (χ0n) is 14.4. The molecule has 2 N–H and O–H groups in total. The minimum absolute atomic E-state index is 0.122. The van der Waals surface area contributed by atoms with Gasteiger partial charge in [-0.15, -0.1) is 0 Å². The Morgan fingerprint density at radius 1 is 1.28 bits per heavy atom. The second-order valence-electron chi connectivity index (χ2n) is 6.18. The molecule has 1 saturated heterocycles. The molecule has 0 radical (unpaired) electrons. The maximum absolute atomic E-state index is 12.3. The van der Waals surface area contributed by atoms with Crippen molar-refractivity contribution in [2.75, 3.05) is 26.3 Å². The van der Waals surface area contributed by atoms with Gasteiger partial charge in [-0.2, -0.15) is 0 Å². The first-order chi connectivity index (χ1) is 12.0. The lowest BCUT2D eigenvalue weighted by Crippen LogP contribution is -2.52. The molecular weight excluding hydrogens is 324 g/mol. The van der Waals surface area contributed by atoms with Gasteiger partial charge in [-0.3, -0.25) is 14.4 Å². The highest BCUT2D eigenvalue weighted by atomic mass is 16.5. The summed E-state index contributed by atoms with van der Waals surface area (Å²) in [4.78, 5) is 36.6. The van der Waals surface area contributed by atoms with Gasteiger partial charge in [0.2, 0.25) is 11.8 Å². The second-order valence-corrected chi connectivity index (χ2v) is 6.18. The first kappa shape index (κ1) is 18.9. The predicted molar refractivity (Wildman–Crippen MR) is 91.1 cm³/mol. The molecule has 7 nitrogen and oxygen atoms in total. The number of nitrogens with one attached hydrogen (secondary N) is 1. The summed E-state index contributed by atoms with van der Waals surface area (Å²) in [6, 6.07) is 7.48. The van der Waals surface area contributed by atoms with E-state index in [1.165, 1.54) is 10.5 Å². The first-order valence-corrected chi connectivity index (χ1v) is 8.37. The minimum atomic E-state index is -0.976. The molecule has 0 spiro atoms. The van der Waals surface area contributed by atoms with Crippen molar-refractivity contribution in [2.24, 2.45) is 0 Å². The summed E-state index contributed by atoms with van der Waals surface area (Å²) in [5.41, 5.74) is 2.24. The molecule has 2 rings (SSSR count). The standard InChI is InChI=1S/C18H24N2O5/c1-13-2-4-14(5-3-13)6-7-16(21)19-11-17(22)20-8-9-25-12-15(20)10-18(23)24/h2-5,15H,6-12H2,1H3,(H,19,21)(H,23,24). The Bertz CT molecular complexity index is 614. The van der Waals surface area contributed by atoms with Crippen LogP contribution in [0.25, 0.3) is 0 Å². The van der Waals surface area contributed by atoms with Gasteiger partial charge in [0.1, 0.15) is 0 Å². The highest BCUT2D eigenvalue weighted by Crippen LogP contribution is 2.11. The maximum atomic E-state index is 12.3. The van der Waals surface area contributed by atoms with Gasteiger partial charge in [-0.1, -0.05) is 29.8 Å². The van der Waals surface area contributed by atoms with Crippen LogP contribution in [0, 0.1) is 6.92 Å². The van der Waals surface area contributed by atoms with E-state index in [-0.39, 0.29) is 31.4 Å². The molecule has 1 atom stereocenters. The van der Waals surface area contributed by atoms with E-state index in [0.717, 1.165) is 5.56 Å². The van der Waals surface area contributed by atoms with Gasteiger partial charge in [-0.05, 0) is 18.9 Å². The zero-order chi connectivity index (χ0) is 18.2. The molecule has 1 aromatic rings. The fourth-order valence-electron chi connectivity index (χ4n) is 2.73. The van der Waals surface area contributed by atoms with Gasteiger partial charge < -0.3 is 20.1 Å². The van der Waals surface area contributed by atoms with Gasteiger partial charge >= 0.3 is 5.97 Å². The molecule has 136 valence electrons. The number of hydrogen-bond donors (Lipinski definition) is 2. The summed E-state index contributed by atoms with van der Waals surface area (Å²) < 4.78 is 5.24. The summed E-state index contributed by atoms with van der Waals surface area (Å²) in [6.07, 6.45) is 0.755. The van der Waals surface area contributed by atoms with Gasteiger partial charge in [0.25, 0.3) is 0 Å². The Balaban J connectivity index is 1.76. The normalized spacial score (nSPS) is 17.2. The lowest BCUT2D eigenvalue weighted by molar-refractivity contribution is -0.146. The molecule has 0 aromatic heterocycles. The fourth-order valence-corrected chi connectivity index (χ4v) is 2.73. The molecule has 1 aliphatic heterocycles. The number of ether oxygens (including phenoxy) is 1. The average Bonchev–Trinajstić information content (AvgIpc) is 2.59. The van der Waals surface area contributed by atoms with Crippen molar-refractivity contribution in [2.45, 2.75) is 32.2 Å². The lowest BCUT2D eigenvalue weighted by atomic mass is 10.1. The van der Waals surface area contributed by atoms with E-state index in [1.54, 1.807) is 0 Å². The van der Waals surface area contributed by atoms with Crippen molar-refractivity contribution in [1.82, 2.24) is 10.2 Å². The van der Waals surface area contributed by atoms with Crippen molar-refractivity contribution in [1.29, 1.82) is 0 Å². The Hall–Kier alpha value is -2.41. The molecule has 0 aliphatic carbocycles. The van der Waals surface area contributed by atoms with Crippen LogP contribution in [0.3, 0.4) is 0 Å². The van der Waals surface area contributed by atoms with E-state index in [9.17, 15) is 14.4 Å². The maximum Gasteiger partial charge on any atom is 0.305 e. The number of carbonyl (C=O) groups is 3. The minimum Gasteiger partial charge on any atom is -0.481 e. The van der Waals surface area contributed by atoms with Crippen LogP contribution >= 0.6 is 0 Å². The number of nitrogens with zero attached hydrogens (tertiary/aromatic N) is 1. The quantitative estimate of drug-likeness (QED) is 0.758. The molecule has 1 aliphatic rings. The molecule has 7 heteroatoms. The molecule has 1 aromatic carbocycles. The molecule has 1 unspecified atom stereocenters. The van der Waals surface area contributed by atoms with Crippen LogP contribution in [0.15, 0.2) is 24.3 Å². The van der Waals surface area contributed by atoms with Crippen molar-refractivity contribution < 1.29 is 24.2 Å². The summed E-state index contributed by atoms with van der Waals surface area (Å²) in [5.74, 6) is -1.45. The summed E-state index contributed by atoms with van der Waals surface area (Å²) >= 11 is 0. The number of aryl methyl sites for hydroxylation is 2. The fraction of sp³-hybridized carbons (Fsp3) is 0.500. The third-order valence-corrected chi connectivity index (χ3v) is 4.16. The highest BCUT2D eigenvalue weighted by molar-refractivity contribution is 5.85. The molecule has 1 fully saturated rings. The number of rotatable bonds is 7. The van der Waals surface area contributed by atoms with Crippen LogP contribution in [-0.4, -0.2) is 60.1 Å². The number of morpholine rings is 1. The first-order valence-electron chi connectivity index (χ1n) is 8.37. The monoisotopic (exact) mass is 348 g/mol. The summed E-state index contributed by atoms with van der Waals surface area (Å²) in [6.45, 7) is 2.81. The van der Waals surface area contributed by atoms with Gasteiger partial charge in [-0.25, -0.2) is 0 Å². The number of hydrogen-bond acceptors (Lipinski definition) is 4. The number of carboxylic acids is 1. The summed E-state index contributed by atoms with van der Waals surface area (Å²) in [5, 5.41) is 11.5. The van der Waals surface area contributed by atoms with Crippen molar-refractivity contribution in [3.63, 3.8) is 0 Å². The highest BCUT2D eigenvalue weighted by Gasteiger charge is 2.29. The zero-order valence-corrected chi connectivity index (χ0v) is 14.4. The Morgan fingerprint density at radius 2 is 2.00 bits per heavy atom.